The van der Waals surface area contributed by atoms with Crippen molar-refractivity contribution in [1.82, 2.24) is 40.8 Å². The fourth-order valence-corrected chi connectivity index (χ4v) is 2.43. The van der Waals surface area contributed by atoms with E-state index in [1.54, 1.807) is 0 Å². The fraction of sp³-hybridized carbons (Fsp3) is 0.125. The van der Waals surface area contributed by atoms with Crippen LogP contribution in [0.5, 0.6) is 0 Å². The van der Waals surface area contributed by atoms with Crippen LogP contribution in [0.3, 0.4) is 0 Å². The molecule has 0 aliphatic rings. The fourth-order valence-electron chi connectivity index (χ4n) is 2.43. The molecule has 0 atom stereocenters. The minimum absolute atomic E-state index is 0.0166. The lowest BCUT2D eigenvalue weighted by Gasteiger charge is -2.03. The van der Waals surface area contributed by atoms with Crippen LogP contribution in [0.15, 0.2) is 38.6 Å². The maximum atomic E-state index is 12.4. The van der Waals surface area contributed by atoms with Crippen LogP contribution in [-0.2, 0) is 11.3 Å². The minimum Gasteiger partial charge on any atom is -0.379 e. The maximum absolute atomic E-state index is 12.4. The Labute approximate surface area is 167 Å². The second-order valence-corrected chi connectivity index (χ2v) is 6.12. The zero-order valence-corrected chi connectivity index (χ0v) is 15.6. The third-order valence-electron chi connectivity index (χ3n) is 3.90. The quantitative estimate of drug-likeness (QED) is 0.285. The molecule has 4 rings (SSSR count). The first-order valence-corrected chi connectivity index (χ1v) is 8.51. The van der Waals surface area contributed by atoms with Crippen molar-refractivity contribution in [3.63, 3.8) is 0 Å². The monoisotopic (exact) mass is 409 g/mol. The number of hydrazone groups is 1. The number of hydrogen-bond acceptors (Lipinski definition) is 12. The Balaban J connectivity index is 1.55. The van der Waals surface area contributed by atoms with Crippen molar-refractivity contribution in [1.29, 1.82) is 0 Å². The molecule has 14 nitrogen and oxygen atoms in total. The highest BCUT2D eigenvalue weighted by Crippen LogP contribution is 2.25. The molecule has 0 saturated carbocycles. The van der Waals surface area contributed by atoms with Crippen molar-refractivity contribution in [3.8, 4) is 23.0 Å². The van der Waals surface area contributed by atoms with Crippen molar-refractivity contribution in [2.45, 2.75) is 13.5 Å². The van der Waals surface area contributed by atoms with Crippen LogP contribution in [0, 0.1) is 6.92 Å². The maximum Gasteiger partial charge on any atom is 0.261 e. The van der Waals surface area contributed by atoms with Crippen LogP contribution in [0.2, 0.25) is 0 Å². The Kier molecular flexibility index (Phi) is 4.86. The van der Waals surface area contributed by atoms with Gasteiger partial charge in [-0.2, -0.15) is 5.10 Å². The molecule has 152 valence electrons. The van der Waals surface area contributed by atoms with Gasteiger partial charge in [0.15, 0.2) is 28.8 Å². The molecule has 3 heterocycles. The number of anilines is 2. The molecule has 0 bridgehead atoms. The van der Waals surface area contributed by atoms with Crippen molar-refractivity contribution in [2.75, 3.05) is 11.5 Å². The summed E-state index contributed by atoms with van der Waals surface area (Å²) in [4.78, 5) is 16.6. The van der Waals surface area contributed by atoms with Gasteiger partial charge in [-0.05, 0) is 33.1 Å². The predicted octanol–water partition coefficient (Wildman–Crippen LogP) is 0.00122. The van der Waals surface area contributed by atoms with Crippen molar-refractivity contribution in [2.24, 2.45) is 5.10 Å². The SMILES string of the molecule is Cc1ccc(/C=N\NC(=O)Cn2nc(-c3nonc3N)nc2-c2nonc2N)cc1. The van der Waals surface area contributed by atoms with E-state index in [9.17, 15) is 4.79 Å². The number of rotatable bonds is 6. The summed E-state index contributed by atoms with van der Waals surface area (Å²) in [5.74, 6) is -0.348. The molecule has 5 N–H and O–H groups in total. The molecule has 0 fully saturated rings. The van der Waals surface area contributed by atoms with Crippen LogP contribution in [0.4, 0.5) is 11.6 Å². The standard InChI is InChI=1S/C16H15N11O3/c1-8-2-4-9(5-3-8)6-19-21-10(28)7-27-16(12-14(18)26-30-24-12)20-15(22-27)11-13(17)25-29-23-11/h2-6H,7H2,1H3,(H2,17,25)(H2,18,26)(H,21,28)/b19-6-. The Bertz CT molecular complexity index is 1210. The van der Waals surface area contributed by atoms with E-state index in [1.807, 2.05) is 31.2 Å². The number of nitrogens with two attached hydrogens (primary N) is 2. The highest BCUT2D eigenvalue weighted by molar-refractivity contribution is 5.82. The molecule has 1 amide bonds. The first-order valence-electron chi connectivity index (χ1n) is 8.51. The van der Waals surface area contributed by atoms with Crippen LogP contribution < -0.4 is 16.9 Å². The van der Waals surface area contributed by atoms with E-state index < -0.39 is 5.91 Å². The van der Waals surface area contributed by atoms with Gasteiger partial charge in [-0.25, -0.2) is 24.3 Å². The molecule has 0 unspecified atom stereocenters. The number of aromatic nitrogens is 7. The van der Waals surface area contributed by atoms with E-state index in [0.717, 1.165) is 11.1 Å². The molecular weight excluding hydrogens is 394 g/mol. The summed E-state index contributed by atoms with van der Waals surface area (Å²) in [6, 6.07) is 7.63. The minimum atomic E-state index is -0.475. The van der Waals surface area contributed by atoms with E-state index in [-0.39, 0.29) is 41.2 Å². The molecule has 14 heteroatoms. The van der Waals surface area contributed by atoms with Gasteiger partial charge < -0.3 is 11.5 Å². The summed E-state index contributed by atoms with van der Waals surface area (Å²) in [5, 5.41) is 22.5. The highest BCUT2D eigenvalue weighted by atomic mass is 16.6. The smallest absolute Gasteiger partial charge is 0.261 e. The van der Waals surface area contributed by atoms with Gasteiger partial charge in [-0.3, -0.25) is 4.79 Å². The summed E-state index contributed by atoms with van der Waals surface area (Å²) in [6.07, 6.45) is 1.52. The Morgan fingerprint density at radius 1 is 1.10 bits per heavy atom. The second kappa shape index (κ2) is 7.78. The number of nitrogen functional groups attached to an aromatic ring is 2. The number of nitrogens with one attached hydrogen (secondary N) is 1. The molecule has 3 aromatic heterocycles. The van der Waals surface area contributed by atoms with E-state index in [0.29, 0.717) is 0 Å². The van der Waals surface area contributed by atoms with Gasteiger partial charge in [0.25, 0.3) is 5.91 Å². The van der Waals surface area contributed by atoms with Gasteiger partial charge in [-0.15, -0.1) is 5.10 Å². The number of benzene rings is 1. The van der Waals surface area contributed by atoms with E-state index in [2.05, 4.69) is 50.5 Å². The van der Waals surface area contributed by atoms with Crippen LogP contribution in [0.25, 0.3) is 23.0 Å². The van der Waals surface area contributed by atoms with Crippen LogP contribution in [0.1, 0.15) is 11.1 Å². The van der Waals surface area contributed by atoms with E-state index >= 15 is 0 Å². The Morgan fingerprint density at radius 2 is 1.77 bits per heavy atom. The zero-order valence-electron chi connectivity index (χ0n) is 15.6. The van der Waals surface area contributed by atoms with Gasteiger partial charge in [0.1, 0.15) is 6.54 Å². The third-order valence-corrected chi connectivity index (χ3v) is 3.90. The number of hydrogen-bond donors (Lipinski definition) is 3. The zero-order chi connectivity index (χ0) is 21.1. The first-order chi connectivity index (χ1) is 14.5. The average Bonchev–Trinajstić information content (AvgIpc) is 3.43. The topological polar surface area (TPSA) is 202 Å². The predicted molar refractivity (Wildman–Crippen MR) is 102 cm³/mol. The second-order valence-electron chi connectivity index (χ2n) is 6.12. The summed E-state index contributed by atoms with van der Waals surface area (Å²) in [7, 11) is 0. The first kappa shape index (κ1) is 18.7. The van der Waals surface area contributed by atoms with E-state index in [4.69, 9.17) is 11.5 Å². The van der Waals surface area contributed by atoms with Gasteiger partial charge in [0, 0.05) is 0 Å². The molecule has 0 spiro atoms. The molecule has 30 heavy (non-hydrogen) atoms. The number of aryl methyl sites for hydroxylation is 1. The Morgan fingerprint density at radius 3 is 2.40 bits per heavy atom. The molecule has 4 aromatic rings. The van der Waals surface area contributed by atoms with Gasteiger partial charge in [0.05, 0.1) is 6.21 Å². The Hall–Kier alpha value is -4.62. The summed E-state index contributed by atoms with van der Waals surface area (Å²) < 4.78 is 10.4. The lowest BCUT2D eigenvalue weighted by Crippen LogP contribution is -2.24. The largest absolute Gasteiger partial charge is 0.379 e. The molecule has 0 radical (unpaired) electrons. The molecule has 0 saturated heterocycles. The summed E-state index contributed by atoms with van der Waals surface area (Å²) in [6.45, 7) is 1.72. The van der Waals surface area contributed by atoms with Crippen molar-refractivity contribution < 1.29 is 14.1 Å². The number of amides is 1. The third kappa shape index (κ3) is 3.82. The molecule has 1 aromatic carbocycles. The lowest BCUT2D eigenvalue weighted by molar-refractivity contribution is -0.121. The van der Waals surface area contributed by atoms with Gasteiger partial charge >= 0.3 is 0 Å². The van der Waals surface area contributed by atoms with E-state index in [1.165, 1.54) is 10.9 Å². The van der Waals surface area contributed by atoms with Gasteiger partial charge in [0.2, 0.25) is 5.82 Å². The normalized spacial score (nSPS) is 11.2. The average molecular weight is 409 g/mol. The molecule has 0 aliphatic carbocycles. The summed E-state index contributed by atoms with van der Waals surface area (Å²) >= 11 is 0. The van der Waals surface area contributed by atoms with Crippen LogP contribution in [-0.4, -0.2) is 47.5 Å². The highest BCUT2D eigenvalue weighted by Gasteiger charge is 2.24. The lowest BCUT2D eigenvalue weighted by atomic mass is 10.2. The number of carbonyl (C=O) groups excluding carboxylic acids is 1. The van der Waals surface area contributed by atoms with Gasteiger partial charge in [-0.1, -0.05) is 29.8 Å². The molecular formula is C16H15N11O3. The van der Waals surface area contributed by atoms with Crippen LogP contribution >= 0.6 is 0 Å². The molecule has 0 aliphatic heterocycles. The summed E-state index contributed by atoms with van der Waals surface area (Å²) in [5.41, 5.74) is 16.0. The van der Waals surface area contributed by atoms with Crippen molar-refractivity contribution >= 4 is 23.8 Å². The number of carbonyl (C=O) groups is 1. The van der Waals surface area contributed by atoms with Crippen molar-refractivity contribution in [3.05, 3.63) is 35.4 Å². The number of nitrogens with zero attached hydrogens (tertiary/aromatic N) is 8.